The van der Waals surface area contributed by atoms with Gasteiger partial charge in [-0.2, -0.15) is 0 Å². The first kappa shape index (κ1) is 23.4. The number of hydrogen-bond donors (Lipinski definition) is 1. The van der Waals surface area contributed by atoms with E-state index in [0.29, 0.717) is 0 Å². The molecule has 0 saturated heterocycles. The van der Waals surface area contributed by atoms with Crippen molar-refractivity contribution in [3.63, 3.8) is 0 Å². The third kappa shape index (κ3) is 16.3. The van der Waals surface area contributed by atoms with E-state index in [1.807, 2.05) is 0 Å². The molecule has 3 heteroatoms. The van der Waals surface area contributed by atoms with Gasteiger partial charge in [0.05, 0.1) is 0 Å². The summed E-state index contributed by atoms with van der Waals surface area (Å²) in [7, 11) is 0. The molecule has 0 bridgehead atoms. The Morgan fingerprint density at radius 2 is 0.905 bits per heavy atom. The summed E-state index contributed by atoms with van der Waals surface area (Å²) in [6, 6.07) is 0. The van der Waals surface area contributed by atoms with Crippen LogP contribution in [0.5, 0.6) is 0 Å². The van der Waals surface area contributed by atoms with Crippen molar-refractivity contribution in [2.45, 2.75) is 106 Å². The van der Waals surface area contributed by atoms with E-state index in [2.05, 4.69) is 27.7 Å². The Balaban J connectivity index is 0. The standard InChI is InChI=1S/4C4H9.C2H4O2.Zn/c4*1-3-4-2;1-2(3)4;/h4*1,3-4H2,2H3;1H3,(H,3,4);. The molecule has 0 fully saturated rings. The second kappa shape index (κ2) is 16.5. The van der Waals surface area contributed by atoms with Crippen molar-refractivity contribution in [3.8, 4) is 0 Å². The molecule has 0 radical (unpaired) electrons. The second-order valence-corrected chi connectivity index (χ2v) is 22.3. The first-order valence-corrected chi connectivity index (χ1v) is 18.1. The summed E-state index contributed by atoms with van der Waals surface area (Å²) in [5, 5.41) is 14.3. The van der Waals surface area contributed by atoms with E-state index in [0.717, 1.165) is 6.92 Å². The van der Waals surface area contributed by atoms with Gasteiger partial charge in [0, 0.05) is 6.92 Å². The van der Waals surface area contributed by atoms with E-state index in [9.17, 15) is 0 Å². The molecule has 0 aliphatic rings. The zero-order valence-corrected chi connectivity index (χ0v) is 18.5. The average molecular weight is 354 g/mol. The summed E-state index contributed by atoms with van der Waals surface area (Å²) in [5.41, 5.74) is 0. The van der Waals surface area contributed by atoms with E-state index >= 15 is 0 Å². The molecular formula is C18H40O2Zn. The molecule has 126 valence electrons. The Morgan fingerprint density at radius 3 is 1.05 bits per heavy atom. The van der Waals surface area contributed by atoms with Crippen molar-refractivity contribution >= 4 is 5.97 Å². The Hall–Kier alpha value is 0.0934. The summed E-state index contributed by atoms with van der Waals surface area (Å²) < 4.78 is 0. The van der Waals surface area contributed by atoms with Gasteiger partial charge in [0.25, 0.3) is 5.97 Å². The van der Waals surface area contributed by atoms with Crippen LogP contribution in [0.2, 0.25) is 20.1 Å². The van der Waals surface area contributed by atoms with Crippen molar-refractivity contribution in [1.29, 1.82) is 0 Å². The molecule has 0 atom stereocenters. The topological polar surface area (TPSA) is 37.3 Å². The van der Waals surface area contributed by atoms with Gasteiger partial charge in [0.15, 0.2) is 0 Å². The maximum atomic E-state index is 9.00. The molecule has 0 saturated carbocycles. The van der Waals surface area contributed by atoms with Gasteiger partial charge in [0.1, 0.15) is 0 Å². The van der Waals surface area contributed by atoms with Crippen LogP contribution >= 0.6 is 0 Å². The normalized spacial score (nSPS) is 10.1. The minimum absolute atomic E-state index is 0.833. The molecule has 0 amide bonds. The quantitative estimate of drug-likeness (QED) is 0.380. The number of rotatable bonds is 12. The fourth-order valence-electron chi connectivity index (χ4n) is 4.18. The van der Waals surface area contributed by atoms with Gasteiger partial charge in [-0.05, 0) is 0 Å². The van der Waals surface area contributed by atoms with Gasteiger partial charge in [-0.15, -0.1) is 0 Å². The van der Waals surface area contributed by atoms with Crippen LogP contribution in [0.4, 0.5) is 0 Å². The van der Waals surface area contributed by atoms with Gasteiger partial charge < -0.3 is 5.11 Å². The Bertz CT molecular complexity index is 188. The molecule has 0 aromatic rings. The number of aliphatic carboxylic acids is 1. The Morgan fingerprint density at radius 1 is 0.714 bits per heavy atom. The van der Waals surface area contributed by atoms with E-state index in [-0.39, 0.29) is 0 Å². The zero-order valence-electron chi connectivity index (χ0n) is 15.5. The van der Waals surface area contributed by atoms with E-state index < -0.39 is 20.7 Å². The third-order valence-electron chi connectivity index (χ3n) is 5.41. The number of carboxylic acids is 1. The van der Waals surface area contributed by atoms with Crippen LogP contribution in [0, 0.1) is 0 Å². The Labute approximate surface area is 136 Å². The molecule has 21 heavy (non-hydrogen) atoms. The molecular weight excluding hydrogens is 314 g/mol. The van der Waals surface area contributed by atoms with E-state index in [1.165, 1.54) is 51.4 Å². The van der Waals surface area contributed by atoms with Gasteiger partial charge in [-0.25, -0.2) is 0 Å². The summed E-state index contributed by atoms with van der Waals surface area (Å²) in [5.74, 6) is -0.833. The molecule has 0 unspecified atom stereocenters. The van der Waals surface area contributed by atoms with Crippen molar-refractivity contribution in [3.05, 3.63) is 0 Å². The molecule has 0 spiro atoms. The van der Waals surface area contributed by atoms with Crippen LogP contribution in [-0.4, -0.2) is 11.1 Å². The molecule has 1 N–H and O–H groups in total. The number of unbranched alkanes of at least 4 members (excludes halogenated alkanes) is 4. The first-order valence-electron chi connectivity index (χ1n) is 9.76. The van der Waals surface area contributed by atoms with Gasteiger partial charge in [-0.1, -0.05) is 0 Å². The average Bonchev–Trinajstić information content (AvgIpc) is 2.45. The second-order valence-electron chi connectivity index (χ2n) is 7.47. The number of hydrogen-bond acceptors (Lipinski definition) is 1. The van der Waals surface area contributed by atoms with Crippen molar-refractivity contribution < 1.29 is 24.7 Å². The van der Waals surface area contributed by atoms with Gasteiger partial charge in [-0.3, -0.25) is 4.79 Å². The zero-order chi connectivity index (χ0) is 16.6. The fourth-order valence-corrected chi connectivity index (χ4v) is 21.7. The molecule has 0 aliphatic carbocycles. The summed E-state index contributed by atoms with van der Waals surface area (Å²) in [4.78, 5) is 9.00. The monoisotopic (exact) mass is 352 g/mol. The molecule has 0 rings (SSSR count). The minimum atomic E-state index is -1.79. The predicted octanol–water partition coefficient (Wildman–Crippen LogP) is 7.10. The SMILES string of the molecule is CC(=O)O.CCC[CH2][Zn]([CH2]CCC)([CH2]CCC)[CH2]CCC. The van der Waals surface area contributed by atoms with Crippen molar-refractivity contribution in [2.75, 3.05) is 0 Å². The van der Waals surface area contributed by atoms with Crippen LogP contribution in [-0.2, 0) is 19.6 Å². The summed E-state index contributed by atoms with van der Waals surface area (Å²) in [6.45, 7) is 10.6. The van der Waals surface area contributed by atoms with Crippen LogP contribution in [0.15, 0.2) is 0 Å². The van der Waals surface area contributed by atoms with Crippen LogP contribution in [0.3, 0.4) is 0 Å². The van der Waals surface area contributed by atoms with Crippen LogP contribution < -0.4 is 0 Å². The van der Waals surface area contributed by atoms with Gasteiger partial charge in [0.2, 0.25) is 0 Å². The molecule has 0 aromatic heterocycles. The first-order chi connectivity index (χ1) is 9.97. The van der Waals surface area contributed by atoms with Crippen molar-refractivity contribution in [2.24, 2.45) is 0 Å². The number of carbonyl (C=O) groups is 1. The molecule has 2 nitrogen and oxygen atoms in total. The summed E-state index contributed by atoms with van der Waals surface area (Å²) in [6.07, 6.45) is 11.8. The van der Waals surface area contributed by atoms with E-state index in [1.54, 1.807) is 20.1 Å². The van der Waals surface area contributed by atoms with Crippen molar-refractivity contribution in [1.82, 2.24) is 0 Å². The molecule has 0 aliphatic heterocycles. The van der Waals surface area contributed by atoms with E-state index in [4.69, 9.17) is 9.90 Å². The number of carboxylic acid groups (broad SMARTS) is 1. The van der Waals surface area contributed by atoms with Crippen LogP contribution in [0.25, 0.3) is 0 Å². The fraction of sp³-hybridized carbons (Fsp3) is 0.944. The molecule has 0 aromatic carbocycles. The maximum absolute atomic E-state index is 9.00. The molecule has 0 heterocycles. The Kier molecular flexibility index (Phi) is 18.3. The van der Waals surface area contributed by atoms with Gasteiger partial charge >= 0.3 is 114 Å². The third-order valence-corrected chi connectivity index (χ3v) is 22.2. The van der Waals surface area contributed by atoms with Crippen LogP contribution in [0.1, 0.15) is 86.0 Å². The predicted molar refractivity (Wildman–Crippen MR) is 92.2 cm³/mol. The summed E-state index contributed by atoms with van der Waals surface area (Å²) >= 11 is -1.79.